The summed E-state index contributed by atoms with van der Waals surface area (Å²) in [6, 6.07) is 12.7. The van der Waals surface area contributed by atoms with Crippen LogP contribution in [0.3, 0.4) is 0 Å². The number of amides is 2. The third kappa shape index (κ3) is 7.10. The van der Waals surface area contributed by atoms with E-state index in [1.54, 1.807) is 69.3 Å². The van der Waals surface area contributed by atoms with Crippen LogP contribution in [0, 0.1) is 0 Å². The smallest absolute Gasteiger partial charge is 0.244 e. The first kappa shape index (κ1) is 26.5. The van der Waals surface area contributed by atoms with Gasteiger partial charge < -0.3 is 15.0 Å². The second kappa shape index (κ2) is 11.9. The molecule has 2 aromatic rings. The SMILES string of the molecule is CCNC(=O)[C@@H](C)N(Cc1ccccc1Cl)C(=O)CN(c1ccccc1OCC)S(C)(=O)=O. The zero-order valence-electron chi connectivity index (χ0n) is 19.2. The Hall–Kier alpha value is -2.78. The third-order valence-electron chi connectivity index (χ3n) is 4.93. The van der Waals surface area contributed by atoms with Crippen molar-refractivity contribution < 1.29 is 22.7 Å². The quantitative estimate of drug-likeness (QED) is 0.517. The minimum absolute atomic E-state index is 0.0432. The Bertz CT molecular complexity index is 1080. The number of hydrogen-bond acceptors (Lipinski definition) is 5. The molecular weight excluding hydrogens is 466 g/mol. The van der Waals surface area contributed by atoms with Crippen LogP contribution < -0.4 is 14.4 Å². The molecule has 2 amide bonds. The van der Waals surface area contributed by atoms with E-state index in [4.69, 9.17) is 16.3 Å². The average molecular weight is 496 g/mol. The van der Waals surface area contributed by atoms with Crippen LogP contribution in [0.2, 0.25) is 5.02 Å². The third-order valence-corrected chi connectivity index (χ3v) is 6.43. The molecule has 0 unspecified atom stereocenters. The maximum Gasteiger partial charge on any atom is 0.244 e. The topological polar surface area (TPSA) is 96.0 Å². The van der Waals surface area contributed by atoms with Gasteiger partial charge in [-0.25, -0.2) is 8.42 Å². The van der Waals surface area contributed by atoms with Gasteiger partial charge in [-0.1, -0.05) is 41.9 Å². The number of rotatable bonds is 11. The first-order valence-electron chi connectivity index (χ1n) is 10.6. The van der Waals surface area contributed by atoms with Crippen molar-refractivity contribution >= 4 is 39.1 Å². The highest BCUT2D eigenvalue weighted by molar-refractivity contribution is 7.92. The highest BCUT2D eigenvalue weighted by atomic mass is 35.5. The average Bonchev–Trinajstić information content (AvgIpc) is 2.76. The lowest BCUT2D eigenvalue weighted by molar-refractivity contribution is -0.139. The van der Waals surface area contributed by atoms with Crippen molar-refractivity contribution in [3.8, 4) is 5.75 Å². The molecule has 0 saturated heterocycles. The van der Waals surface area contributed by atoms with E-state index >= 15 is 0 Å². The molecular formula is C23H30ClN3O5S. The molecule has 1 atom stereocenters. The molecule has 0 aliphatic heterocycles. The lowest BCUT2D eigenvalue weighted by Gasteiger charge is -2.32. The van der Waals surface area contributed by atoms with Crippen LogP contribution in [0.15, 0.2) is 48.5 Å². The minimum atomic E-state index is -3.85. The second-order valence-electron chi connectivity index (χ2n) is 7.35. The maximum absolute atomic E-state index is 13.5. The Labute approximate surface area is 200 Å². The summed E-state index contributed by atoms with van der Waals surface area (Å²) in [4.78, 5) is 27.4. The number of anilines is 1. The lowest BCUT2D eigenvalue weighted by Crippen LogP contribution is -2.51. The number of halogens is 1. The fourth-order valence-corrected chi connectivity index (χ4v) is 4.30. The summed E-state index contributed by atoms with van der Waals surface area (Å²) in [6.07, 6.45) is 1.02. The van der Waals surface area contributed by atoms with Gasteiger partial charge in [0.2, 0.25) is 21.8 Å². The van der Waals surface area contributed by atoms with Crippen molar-refractivity contribution in [1.29, 1.82) is 0 Å². The van der Waals surface area contributed by atoms with Crippen LogP contribution in [0.25, 0.3) is 0 Å². The summed E-state index contributed by atoms with van der Waals surface area (Å²) in [6.45, 7) is 5.42. The zero-order valence-corrected chi connectivity index (χ0v) is 20.8. The first-order valence-corrected chi connectivity index (χ1v) is 12.8. The minimum Gasteiger partial charge on any atom is -0.492 e. The first-order chi connectivity index (χ1) is 15.6. The molecule has 0 fully saturated rings. The van der Waals surface area contributed by atoms with E-state index in [-0.39, 0.29) is 18.1 Å². The standard InChI is InChI=1S/C23H30ClN3O5S/c1-5-25-23(29)17(3)26(15-18-11-7-8-12-19(18)24)22(28)16-27(33(4,30)31)20-13-9-10-14-21(20)32-6-2/h7-14,17H,5-6,15-16H2,1-4H3,(H,25,29)/t17-/m1/s1. The summed E-state index contributed by atoms with van der Waals surface area (Å²) in [5.41, 5.74) is 0.892. The van der Waals surface area contributed by atoms with E-state index in [0.29, 0.717) is 29.5 Å². The molecule has 0 radical (unpaired) electrons. The van der Waals surface area contributed by atoms with E-state index in [1.807, 2.05) is 0 Å². The summed E-state index contributed by atoms with van der Waals surface area (Å²) in [5, 5.41) is 3.15. The summed E-state index contributed by atoms with van der Waals surface area (Å²) >= 11 is 6.29. The normalized spacial score (nSPS) is 12.0. The molecule has 33 heavy (non-hydrogen) atoms. The number of carbonyl (C=O) groups excluding carboxylic acids is 2. The number of benzene rings is 2. The van der Waals surface area contributed by atoms with Crippen molar-refractivity contribution in [2.45, 2.75) is 33.4 Å². The Morgan fingerprint density at radius 2 is 1.73 bits per heavy atom. The predicted molar refractivity (Wildman–Crippen MR) is 130 cm³/mol. The molecule has 1 N–H and O–H groups in total. The lowest BCUT2D eigenvalue weighted by atomic mass is 10.1. The van der Waals surface area contributed by atoms with E-state index in [1.165, 1.54) is 4.90 Å². The molecule has 10 heteroatoms. The summed E-state index contributed by atoms with van der Waals surface area (Å²) < 4.78 is 31.9. The molecule has 8 nitrogen and oxygen atoms in total. The van der Waals surface area contributed by atoms with Gasteiger partial charge >= 0.3 is 0 Å². The largest absolute Gasteiger partial charge is 0.492 e. The molecule has 180 valence electrons. The van der Waals surface area contributed by atoms with Crippen LogP contribution in [0.1, 0.15) is 26.3 Å². The van der Waals surface area contributed by atoms with Crippen molar-refractivity contribution in [3.05, 3.63) is 59.1 Å². The maximum atomic E-state index is 13.5. The fourth-order valence-electron chi connectivity index (χ4n) is 3.25. The van der Waals surface area contributed by atoms with Crippen LogP contribution >= 0.6 is 11.6 Å². The summed E-state index contributed by atoms with van der Waals surface area (Å²) in [5.74, 6) is -0.559. The second-order valence-corrected chi connectivity index (χ2v) is 9.67. The molecule has 0 aliphatic carbocycles. The molecule has 2 aromatic carbocycles. The van der Waals surface area contributed by atoms with Crippen molar-refractivity contribution in [1.82, 2.24) is 10.2 Å². The number of para-hydroxylation sites is 2. The Kier molecular flexibility index (Phi) is 9.55. The van der Waals surface area contributed by atoms with Gasteiger partial charge in [-0.2, -0.15) is 0 Å². The fraction of sp³-hybridized carbons (Fsp3) is 0.391. The van der Waals surface area contributed by atoms with E-state index in [9.17, 15) is 18.0 Å². The van der Waals surface area contributed by atoms with Gasteiger partial charge in [0, 0.05) is 18.1 Å². The number of nitrogens with one attached hydrogen (secondary N) is 1. The zero-order chi connectivity index (χ0) is 24.6. The predicted octanol–water partition coefficient (Wildman–Crippen LogP) is 3.06. The number of nitrogens with zero attached hydrogens (tertiary/aromatic N) is 2. The van der Waals surface area contributed by atoms with Crippen molar-refractivity contribution in [2.75, 3.05) is 30.3 Å². The number of ether oxygens (including phenoxy) is 1. The highest BCUT2D eigenvalue weighted by Gasteiger charge is 2.31. The van der Waals surface area contributed by atoms with E-state index in [0.717, 1.165) is 10.6 Å². The molecule has 0 aliphatic rings. The van der Waals surface area contributed by atoms with Crippen LogP contribution in [-0.4, -0.2) is 57.1 Å². The van der Waals surface area contributed by atoms with Gasteiger partial charge in [-0.15, -0.1) is 0 Å². The monoisotopic (exact) mass is 495 g/mol. The highest BCUT2D eigenvalue weighted by Crippen LogP contribution is 2.30. The molecule has 0 aromatic heterocycles. The molecule has 0 heterocycles. The van der Waals surface area contributed by atoms with Gasteiger partial charge in [0.25, 0.3) is 0 Å². The van der Waals surface area contributed by atoms with Gasteiger partial charge in [0.1, 0.15) is 18.3 Å². The summed E-state index contributed by atoms with van der Waals surface area (Å²) in [7, 11) is -3.85. The van der Waals surface area contributed by atoms with Crippen LogP contribution in [-0.2, 0) is 26.2 Å². The molecule has 0 saturated carbocycles. The number of hydrogen-bond donors (Lipinski definition) is 1. The van der Waals surface area contributed by atoms with E-state index < -0.39 is 28.5 Å². The number of sulfonamides is 1. The van der Waals surface area contributed by atoms with Gasteiger partial charge in [-0.05, 0) is 44.5 Å². The van der Waals surface area contributed by atoms with E-state index in [2.05, 4.69) is 5.32 Å². The van der Waals surface area contributed by atoms with Crippen LogP contribution in [0.4, 0.5) is 5.69 Å². The molecule has 0 spiro atoms. The Morgan fingerprint density at radius 3 is 2.33 bits per heavy atom. The van der Waals surface area contributed by atoms with Gasteiger partial charge in [0.15, 0.2) is 0 Å². The number of likely N-dealkylation sites (N-methyl/N-ethyl adjacent to an activating group) is 1. The number of carbonyl (C=O) groups is 2. The van der Waals surface area contributed by atoms with Crippen molar-refractivity contribution in [2.24, 2.45) is 0 Å². The molecule has 2 rings (SSSR count). The van der Waals surface area contributed by atoms with Crippen LogP contribution in [0.5, 0.6) is 5.75 Å². The Balaban J connectivity index is 2.44. The molecule has 0 bridgehead atoms. The van der Waals surface area contributed by atoms with Gasteiger partial charge in [-0.3, -0.25) is 13.9 Å². The Morgan fingerprint density at radius 1 is 1.09 bits per heavy atom. The van der Waals surface area contributed by atoms with Crippen molar-refractivity contribution in [3.63, 3.8) is 0 Å². The van der Waals surface area contributed by atoms with Gasteiger partial charge in [0.05, 0.1) is 18.6 Å².